The van der Waals surface area contributed by atoms with Crippen molar-refractivity contribution in [2.75, 3.05) is 9.80 Å². The lowest BCUT2D eigenvalue weighted by molar-refractivity contribution is 0.590. The first kappa shape index (κ1) is 52.9. The summed E-state index contributed by atoms with van der Waals surface area (Å²) in [5.74, 6) is 0. The van der Waals surface area contributed by atoms with Crippen molar-refractivity contribution < 1.29 is 4.42 Å². The van der Waals surface area contributed by atoms with Crippen LogP contribution >= 0.6 is 0 Å². The largest absolute Gasteiger partial charge is 0.454 e. The van der Waals surface area contributed by atoms with Crippen molar-refractivity contribution in [2.45, 2.75) is 124 Å². The van der Waals surface area contributed by atoms with E-state index in [9.17, 15) is 0 Å². The van der Waals surface area contributed by atoms with E-state index in [1.165, 1.54) is 89.0 Å². The minimum absolute atomic E-state index is 0.0155. The van der Waals surface area contributed by atoms with Gasteiger partial charge in [-0.05, 0) is 186 Å². The maximum atomic E-state index is 7.46. The number of furan rings is 1. The van der Waals surface area contributed by atoms with Crippen LogP contribution < -0.4 is 9.80 Å². The summed E-state index contributed by atoms with van der Waals surface area (Å²) >= 11 is 0. The maximum Gasteiger partial charge on any atom is 0.160 e. The fourth-order valence-electron chi connectivity index (χ4n) is 13.6. The lowest BCUT2D eigenvalue weighted by atomic mass is 9.69. The zero-order valence-corrected chi connectivity index (χ0v) is 50.4. The monoisotopic (exact) mass is 1070 g/mol. The van der Waals surface area contributed by atoms with Gasteiger partial charge in [0, 0.05) is 39.1 Å². The highest BCUT2D eigenvalue weighted by atomic mass is 16.3. The number of para-hydroxylation sites is 1. The number of hydrogen-bond acceptors (Lipinski definition) is 3. The summed E-state index contributed by atoms with van der Waals surface area (Å²) < 4.78 is 7.46. The Morgan fingerprint density at radius 1 is 0.341 bits per heavy atom. The predicted octanol–water partition coefficient (Wildman–Crippen LogP) is 22.3. The highest BCUT2D eigenvalue weighted by Gasteiger charge is 2.54. The highest BCUT2D eigenvalue weighted by molar-refractivity contribution is 6.21. The van der Waals surface area contributed by atoms with Crippen molar-refractivity contribution in [1.82, 2.24) is 0 Å². The molecule has 408 valence electrons. The predicted molar refractivity (Wildman–Crippen MR) is 349 cm³/mol. The topological polar surface area (TPSA) is 19.6 Å². The van der Waals surface area contributed by atoms with Crippen LogP contribution in [-0.4, -0.2) is 0 Å². The summed E-state index contributed by atoms with van der Waals surface area (Å²) in [7, 11) is 0. The second-order valence-electron chi connectivity index (χ2n) is 27.5. The van der Waals surface area contributed by atoms with E-state index >= 15 is 0 Å². The minimum atomic E-state index is -0.751. The molecule has 11 aromatic rings. The van der Waals surface area contributed by atoms with Gasteiger partial charge in [0.2, 0.25) is 0 Å². The molecule has 10 aromatic carbocycles. The lowest BCUT2D eigenvalue weighted by Gasteiger charge is -2.35. The smallest absolute Gasteiger partial charge is 0.160 e. The van der Waals surface area contributed by atoms with Crippen molar-refractivity contribution in [3.63, 3.8) is 0 Å². The first-order valence-corrected chi connectivity index (χ1v) is 29.5. The summed E-state index contributed by atoms with van der Waals surface area (Å²) in [6.45, 7) is 32.2. The zero-order valence-electron chi connectivity index (χ0n) is 50.4. The quantitative estimate of drug-likeness (QED) is 0.159. The van der Waals surface area contributed by atoms with Gasteiger partial charge in [-0.3, -0.25) is 0 Å². The molecule has 3 nitrogen and oxygen atoms in total. The molecule has 2 aliphatic carbocycles. The maximum absolute atomic E-state index is 7.46. The molecular weight excluding hydrogens is 993 g/mol. The number of anilines is 6. The second-order valence-corrected chi connectivity index (χ2v) is 27.5. The third kappa shape index (κ3) is 8.28. The Kier molecular flexibility index (Phi) is 12.2. The van der Waals surface area contributed by atoms with Gasteiger partial charge in [0.25, 0.3) is 0 Å². The average Bonchev–Trinajstić information content (AvgIpc) is 1.51. The average molecular weight is 1070 g/mol. The number of fused-ring (bicyclic) bond motifs is 14. The first-order chi connectivity index (χ1) is 39.0. The van der Waals surface area contributed by atoms with Crippen LogP contribution in [0.4, 0.5) is 34.1 Å². The van der Waals surface area contributed by atoms with Crippen molar-refractivity contribution in [3.8, 4) is 33.4 Å². The van der Waals surface area contributed by atoms with Gasteiger partial charge in [-0.2, -0.15) is 0 Å². The van der Waals surface area contributed by atoms with Gasteiger partial charge in [-0.1, -0.05) is 223 Å². The molecule has 0 unspecified atom stereocenters. The summed E-state index contributed by atoms with van der Waals surface area (Å²) in [4.78, 5) is 5.02. The Hall–Kier alpha value is -8.40. The molecule has 0 amide bonds. The van der Waals surface area contributed by atoms with E-state index < -0.39 is 5.41 Å². The number of rotatable bonds is 7. The van der Waals surface area contributed by atoms with Crippen LogP contribution in [-0.2, 0) is 27.1 Å². The Bertz CT molecular complexity index is 4130. The van der Waals surface area contributed by atoms with E-state index in [0.717, 1.165) is 56.1 Å². The molecule has 1 spiro atoms. The molecule has 0 saturated carbocycles. The molecule has 13 rings (SSSR count). The van der Waals surface area contributed by atoms with Crippen molar-refractivity contribution in [3.05, 3.63) is 262 Å². The van der Waals surface area contributed by atoms with E-state index in [2.05, 4.69) is 313 Å². The van der Waals surface area contributed by atoms with E-state index in [0.29, 0.717) is 0 Å². The van der Waals surface area contributed by atoms with E-state index in [1.54, 1.807) is 0 Å². The van der Waals surface area contributed by atoms with Gasteiger partial charge >= 0.3 is 0 Å². The molecule has 0 saturated heterocycles. The summed E-state index contributed by atoms with van der Waals surface area (Å²) in [5, 5.41) is 2.23. The second kappa shape index (κ2) is 18.8. The third-order valence-corrected chi connectivity index (χ3v) is 18.1. The molecule has 1 aromatic heterocycles. The molecule has 1 heterocycles. The molecule has 0 N–H and O–H groups in total. The van der Waals surface area contributed by atoms with Gasteiger partial charge in [-0.25, -0.2) is 0 Å². The van der Waals surface area contributed by atoms with E-state index in [-0.39, 0.29) is 21.7 Å². The zero-order chi connectivity index (χ0) is 57.4. The molecule has 82 heavy (non-hydrogen) atoms. The van der Waals surface area contributed by atoms with Gasteiger partial charge in [0.15, 0.2) is 5.58 Å². The van der Waals surface area contributed by atoms with Crippen LogP contribution in [0, 0.1) is 13.8 Å². The molecule has 3 heteroatoms. The number of nitrogens with zero attached hydrogens (tertiary/aromatic N) is 2. The third-order valence-electron chi connectivity index (χ3n) is 18.1. The number of benzene rings is 10. The minimum Gasteiger partial charge on any atom is -0.454 e. The summed E-state index contributed by atoms with van der Waals surface area (Å²) in [6.07, 6.45) is 0. The van der Waals surface area contributed by atoms with Crippen LogP contribution in [0.2, 0.25) is 0 Å². The molecule has 0 fully saturated rings. The number of hydrogen-bond donors (Lipinski definition) is 0. The fourth-order valence-corrected chi connectivity index (χ4v) is 13.6. The lowest BCUT2D eigenvalue weighted by Crippen LogP contribution is -2.27. The fraction of sp³-hybridized carbons (Fsp3) is 0.241. The van der Waals surface area contributed by atoms with Crippen LogP contribution in [0.3, 0.4) is 0 Å². The molecule has 2 aliphatic rings. The van der Waals surface area contributed by atoms with E-state index in [1.807, 2.05) is 0 Å². The van der Waals surface area contributed by atoms with Gasteiger partial charge in [0.1, 0.15) is 5.58 Å². The molecule has 0 atom stereocenters. The summed E-state index contributed by atoms with van der Waals surface area (Å²) in [5.41, 5.74) is 27.6. The van der Waals surface area contributed by atoms with Gasteiger partial charge in [-0.15, -0.1) is 0 Å². The van der Waals surface area contributed by atoms with Crippen LogP contribution in [0.25, 0.3) is 55.3 Å². The Labute approximate surface area is 486 Å². The van der Waals surface area contributed by atoms with Crippen LogP contribution in [0.5, 0.6) is 0 Å². The molecule has 0 radical (unpaired) electrons. The van der Waals surface area contributed by atoms with Crippen molar-refractivity contribution >= 4 is 56.1 Å². The van der Waals surface area contributed by atoms with E-state index in [4.69, 9.17) is 4.42 Å². The SMILES string of the molecule is Cc1ccccc1-c1c(N(c2ccc(C(C)(C)C)cc2)c2ccc(C(C)(C)C)cc2)cc2c(c1C)-c1c(cc(N(c3ccc(C(C)(C)C)cc3)c3ccc(C(C)(C)C)cc3)c3oc4ccccc4c13)C21c2ccccc2-c2ccccc21. The molecule has 0 aliphatic heterocycles. The van der Waals surface area contributed by atoms with Crippen LogP contribution in [0.15, 0.2) is 211 Å². The normalized spacial score (nSPS) is 13.6. The van der Waals surface area contributed by atoms with Gasteiger partial charge < -0.3 is 14.2 Å². The highest BCUT2D eigenvalue weighted by Crippen LogP contribution is 2.68. The van der Waals surface area contributed by atoms with Crippen molar-refractivity contribution in [2.24, 2.45) is 0 Å². The van der Waals surface area contributed by atoms with Crippen LogP contribution in [0.1, 0.15) is 139 Å². The Morgan fingerprint density at radius 2 is 0.707 bits per heavy atom. The molecular formula is C79H76N2O. The Balaban J connectivity index is 1.21. The Morgan fingerprint density at radius 3 is 1.15 bits per heavy atom. The standard InChI is InChI=1S/C79H76N2O/c1-49-23-15-16-24-59(49)70-50(2)71-65(47-67(70)80(55-39-31-51(32-40-55)75(3,4)5)56-41-33-52(34-42-56)76(6,7)8)79(63-28-20-17-25-60(63)61-26-18-21-29-64(61)79)66-48-68(74-72(73(66)71)62-27-19-22-30-69(62)82-74)81(57-43-35-53(36-44-57)77(9,10)11)58-45-37-54(38-46-58)78(12,13)14/h15-48H,1-14H3. The van der Waals surface area contributed by atoms with Gasteiger partial charge in [0.05, 0.1) is 16.8 Å². The van der Waals surface area contributed by atoms with Crippen molar-refractivity contribution in [1.29, 1.82) is 0 Å². The summed E-state index contributed by atoms with van der Waals surface area (Å²) in [6, 6.07) is 78.6. The first-order valence-electron chi connectivity index (χ1n) is 29.5. The molecule has 0 bridgehead atoms. The number of aryl methyl sites for hydroxylation is 1.